The summed E-state index contributed by atoms with van der Waals surface area (Å²) in [7, 11) is 1.57. The van der Waals surface area contributed by atoms with Crippen molar-refractivity contribution in [3.05, 3.63) is 64.8 Å². The number of benzene rings is 2. The molecular formula is C31H33FN4O4S. The first-order valence-corrected chi connectivity index (χ1v) is 14.6. The molecule has 214 valence electrons. The molecule has 2 aliphatic heterocycles. The molecule has 4 heterocycles. The molecule has 4 aromatic rings. The first-order valence-electron chi connectivity index (χ1n) is 13.7. The van der Waals surface area contributed by atoms with E-state index in [0.717, 1.165) is 40.9 Å². The van der Waals surface area contributed by atoms with Gasteiger partial charge in [-0.25, -0.2) is 9.18 Å². The molecule has 8 nitrogen and oxygen atoms in total. The molecule has 0 spiro atoms. The van der Waals surface area contributed by atoms with Gasteiger partial charge in [-0.2, -0.15) is 0 Å². The number of amides is 1. The molecule has 2 aliphatic rings. The Kier molecular flexibility index (Phi) is 7.39. The number of fused-ring (bicyclic) bond motifs is 2. The fraction of sp³-hybridized carbons (Fsp3) is 0.387. The fourth-order valence-corrected chi connectivity index (χ4v) is 6.30. The van der Waals surface area contributed by atoms with Crippen molar-refractivity contribution in [2.45, 2.75) is 51.5 Å². The minimum absolute atomic E-state index is 0.246. The first-order chi connectivity index (χ1) is 19.7. The van der Waals surface area contributed by atoms with E-state index in [4.69, 9.17) is 14.2 Å². The van der Waals surface area contributed by atoms with Crippen LogP contribution < -0.4 is 10.1 Å². The lowest BCUT2D eigenvalue weighted by Gasteiger charge is -2.24. The lowest BCUT2D eigenvalue weighted by atomic mass is 9.96. The molecular weight excluding hydrogens is 543 g/mol. The zero-order valence-electron chi connectivity index (χ0n) is 23.6. The molecule has 0 aliphatic carbocycles. The van der Waals surface area contributed by atoms with Gasteiger partial charge < -0.3 is 24.4 Å². The van der Waals surface area contributed by atoms with Crippen LogP contribution in [0.1, 0.15) is 31.9 Å². The summed E-state index contributed by atoms with van der Waals surface area (Å²) in [6.45, 7) is 7.86. The highest BCUT2D eigenvalue weighted by Gasteiger charge is 2.39. The van der Waals surface area contributed by atoms with E-state index in [1.807, 2.05) is 26.2 Å². The number of nitrogens with zero attached hydrogens (tertiary/aromatic N) is 3. The first kappa shape index (κ1) is 27.6. The highest BCUT2D eigenvalue weighted by Crippen LogP contribution is 2.40. The molecule has 6 rings (SSSR count). The van der Waals surface area contributed by atoms with Crippen molar-refractivity contribution >= 4 is 27.5 Å². The molecule has 0 bridgehead atoms. The molecule has 1 saturated heterocycles. The Morgan fingerprint density at radius 1 is 1.05 bits per heavy atom. The number of likely N-dealkylation sites (tertiary alicyclic amines) is 1. The maximum Gasteiger partial charge on any atom is 0.410 e. The number of carbonyl (C=O) groups is 1. The predicted molar refractivity (Wildman–Crippen MR) is 157 cm³/mol. The van der Waals surface area contributed by atoms with Gasteiger partial charge in [-0.05, 0) is 74.5 Å². The van der Waals surface area contributed by atoms with Gasteiger partial charge in [0.05, 0.1) is 17.8 Å². The second-order valence-electron chi connectivity index (χ2n) is 11.4. The molecule has 41 heavy (non-hydrogen) atoms. The van der Waals surface area contributed by atoms with Crippen LogP contribution >= 0.6 is 11.3 Å². The number of nitrogens with one attached hydrogen (secondary N) is 1. The summed E-state index contributed by atoms with van der Waals surface area (Å²) in [5.41, 5.74) is 5.10. The standard InChI is InChI=1S/C31H33FN4O4S/c1-31(2,3)40-30(37)36-16-25(38-4)26(17-36)39-24-14-21(32)7-8-22(24)28-29-23(10-12-41-29)27(34-35-28)19-5-6-20-15-33-11-9-18(20)13-19/h5-8,10,12-14,25-26,33H,9,11,15-17H2,1-4H3/t25-,26+/m1/s1. The second kappa shape index (κ2) is 11.0. The van der Waals surface area contributed by atoms with Crippen LogP contribution in [0, 0.1) is 5.82 Å². The van der Waals surface area contributed by atoms with Crippen molar-refractivity contribution in [1.82, 2.24) is 20.4 Å². The van der Waals surface area contributed by atoms with Gasteiger partial charge in [0.2, 0.25) is 0 Å². The molecule has 10 heteroatoms. The van der Waals surface area contributed by atoms with Crippen molar-refractivity contribution in [3.8, 4) is 28.3 Å². The number of halogens is 1. The number of methoxy groups -OCH3 is 1. The van der Waals surface area contributed by atoms with E-state index in [0.29, 0.717) is 23.6 Å². The highest BCUT2D eigenvalue weighted by molar-refractivity contribution is 7.17. The van der Waals surface area contributed by atoms with Crippen LogP contribution in [-0.2, 0) is 22.4 Å². The fourth-order valence-electron chi connectivity index (χ4n) is 5.40. The topological polar surface area (TPSA) is 85.8 Å². The van der Waals surface area contributed by atoms with Crippen molar-refractivity contribution in [3.63, 3.8) is 0 Å². The van der Waals surface area contributed by atoms with Gasteiger partial charge in [-0.15, -0.1) is 21.5 Å². The molecule has 2 aromatic carbocycles. The van der Waals surface area contributed by atoms with E-state index in [-0.39, 0.29) is 6.54 Å². The summed E-state index contributed by atoms with van der Waals surface area (Å²) in [4.78, 5) is 14.3. The van der Waals surface area contributed by atoms with E-state index in [2.05, 4.69) is 39.8 Å². The van der Waals surface area contributed by atoms with E-state index in [9.17, 15) is 9.18 Å². The Morgan fingerprint density at radius 3 is 2.66 bits per heavy atom. The molecule has 2 aromatic heterocycles. The minimum atomic E-state index is -0.623. The third-order valence-electron chi connectivity index (χ3n) is 7.40. The lowest BCUT2D eigenvalue weighted by Crippen LogP contribution is -2.36. The second-order valence-corrected chi connectivity index (χ2v) is 12.3. The highest BCUT2D eigenvalue weighted by atomic mass is 32.1. The number of aromatic nitrogens is 2. The lowest BCUT2D eigenvalue weighted by molar-refractivity contribution is 0.0241. The molecule has 0 radical (unpaired) electrons. The zero-order chi connectivity index (χ0) is 28.7. The molecule has 2 atom stereocenters. The van der Waals surface area contributed by atoms with Crippen LogP contribution in [0.4, 0.5) is 9.18 Å². The Bertz CT molecular complexity index is 1600. The van der Waals surface area contributed by atoms with E-state index >= 15 is 0 Å². The zero-order valence-corrected chi connectivity index (χ0v) is 24.4. The van der Waals surface area contributed by atoms with Gasteiger partial charge >= 0.3 is 6.09 Å². The van der Waals surface area contributed by atoms with E-state index in [1.54, 1.807) is 29.4 Å². The van der Waals surface area contributed by atoms with Crippen LogP contribution in [0.25, 0.3) is 32.6 Å². The van der Waals surface area contributed by atoms with Crippen LogP contribution in [0.3, 0.4) is 0 Å². The van der Waals surface area contributed by atoms with Crippen LogP contribution in [-0.4, -0.2) is 65.7 Å². The third-order valence-corrected chi connectivity index (χ3v) is 8.32. The SMILES string of the molecule is CO[C@@H]1CN(C(=O)OC(C)(C)C)C[C@@H]1Oc1cc(F)ccc1-c1nnc(-c2ccc3c(c2)CCNC3)c2ccsc12. The van der Waals surface area contributed by atoms with E-state index in [1.165, 1.54) is 23.3 Å². The Hall–Kier alpha value is -3.60. The molecule has 1 N–H and O–H groups in total. The third kappa shape index (κ3) is 5.64. The number of carbonyl (C=O) groups excluding carboxylic acids is 1. The predicted octanol–water partition coefficient (Wildman–Crippen LogP) is 5.82. The van der Waals surface area contributed by atoms with Gasteiger partial charge in [-0.1, -0.05) is 12.1 Å². The van der Waals surface area contributed by atoms with Crippen LogP contribution in [0.5, 0.6) is 5.75 Å². The Morgan fingerprint density at radius 2 is 1.85 bits per heavy atom. The van der Waals surface area contributed by atoms with Gasteiger partial charge in [0, 0.05) is 36.2 Å². The summed E-state index contributed by atoms with van der Waals surface area (Å²) in [6.07, 6.45) is -0.394. The Labute approximate surface area is 242 Å². The van der Waals surface area contributed by atoms with Crippen LogP contribution in [0.15, 0.2) is 47.8 Å². The monoisotopic (exact) mass is 576 g/mol. The van der Waals surface area contributed by atoms with Gasteiger partial charge in [-0.3, -0.25) is 0 Å². The summed E-state index contributed by atoms with van der Waals surface area (Å²) in [6, 6.07) is 12.9. The summed E-state index contributed by atoms with van der Waals surface area (Å²) >= 11 is 1.56. The number of ether oxygens (including phenoxy) is 3. The summed E-state index contributed by atoms with van der Waals surface area (Å²) in [5, 5.41) is 15.7. The number of thiophene rings is 1. The normalized spacial score (nSPS) is 18.9. The largest absolute Gasteiger partial charge is 0.485 e. The van der Waals surface area contributed by atoms with Crippen molar-refractivity contribution in [1.29, 1.82) is 0 Å². The molecule has 0 unspecified atom stereocenters. The van der Waals surface area contributed by atoms with Crippen molar-refractivity contribution < 1.29 is 23.4 Å². The van der Waals surface area contributed by atoms with Gasteiger partial charge in [0.1, 0.15) is 40.8 Å². The average Bonchev–Trinajstić information content (AvgIpc) is 3.59. The van der Waals surface area contributed by atoms with Crippen LogP contribution in [0.2, 0.25) is 0 Å². The number of hydrogen-bond donors (Lipinski definition) is 1. The molecule has 1 fully saturated rings. The average molecular weight is 577 g/mol. The van der Waals surface area contributed by atoms with Gasteiger partial charge in [0.25, 0.3) is 0 Å². The van der Waals surface area contributed by atoms with Gasteiger partial charge in [0.15, 0.2) is 0 Å². The Balaban J connectivity index is 1.33. The van der Waals surface area contributed by atoms with E-state index < -0.39 is 29.7 Å². The summed E-state index contributed by atoms with van der Waals surface area (Å²) in [5.74, 6) is -0.114. The molecule has 0 saturated carbocycles. The molecule has 1 amide bonds. The minimum Gasteiger partial charge on any atom is -0.485 e. The quantitative estimate of drug-likeness (QED) is 0.320. The van der Waals surface area contributed by atoms with Crippen molar-refractivity contribution in [2.75, 3.05) is 26.7 Å². The summed E-state index contributed by atoms with van der Waals surface area (Å²) < 4.78 is 33.1. The smallest absolute Gasteiger partial charge is 0.410 e. The number of hydrogen-bond acceptors (Lipinski definition) is 8. The van der Waals surface area contributed by atoms with Crippen molar-refractivity contribution in [2.24, 2.45) is 0 Å². The number of rotatable bonds is 5. The maximum atomic E-state index is 14.6. The maximum absolute atomic E-state index is 14.6.